The van der Waals surface area contributed by atoms with Crippen molar-refractivity contribution < 1.29 is 14.3 Å². The first-order valence-corrected chi connectivity index (χ1v) is 10.9. The van der Waals surface area contributed by atoms with Crippen LogP contribution in [0.1, 0.15) is 23.2 Å². The number of anilines is 3. The lowest BCUT2D eigenvalue weighted by Crippen LogP contribution is -2.44. The average Bonchev–Trinajstić information content (AvgIpc) is 2.76. The third kappa shape index (κ3) is 4.54. The summed E-state index contributed by atoms with van der Waals surface area (Å²) in [5.74, 6) is 0.779. The number of rotatable bonds is 5. The lowest BCUT2D eigenvalue weighted by molar-refractivity contribution is -0.117. The Morgan fingerprint density at radius 1 is 1.34 bits per heavy atom. The molecular weight excluding hydrogens is 388 g/mol. The van der Waals surface area contributed by atoms with Crippen molar-refractivity contribution in [3.63, 3.8) is 0 Å². The van der Waals surface area contributed by atoms with Gasteiger partial charge in [0.15, 0.2) is 0 Å². The molecule has 152 valence electrons. The van der Waals surface area contributed by atoms with E-state index in [1.165, 1.54) is 0 Å². The SMILES string of the molecule is CSc1cccc(NC(=O)c2cnc3c(c2)N(CC2CCOCC2)C(=O)CN3)c1. The van der Waals surface area contributed by atoms with Crippen LogP contribution in [-0.2, 0) is 9.53 Å². The zero-order chi connectivity index (χ0) is 20.2. The highest BCUT2D eigenvalue weighted by Crippen LogP contribution is 2.31. The molecule has 2 aromatic rings. The first-order valence-electron chi connectivity index (χ1n) is 9.71. The minimum absolute atomic E-state index is 0.00368. The van der Waals surface area contributed by atoms with Crippen molar-refractivity contribution in [2.24, 2.45) is 5.92 Å². The molecule has 8 heteroatoms. The van der Waals surface area contributed by atoms with Crippen LogP contribution >= 0.6 is 11.8 Å². The molecule has 0 atom stereocenters. The Hall–Kier alpha value is -2.58. The lowest BCUT2D eigenvalue weighted by atomic mass is 9.99. The second kappa shape index (κ2) is 8.84. The van der Waals surface area contributed by atoms with E-state index in [4.69, 9.17) is 4.74 Å². The number of aromatic nitrogens is 1. The average molecular weight is 413 g/mol. The van der Waals surface area contributed by atoms with Crippen LogP contribution in [0.15, 0.2) is 41.4 Å². The summed E-state index contributed by atoms with van der Waals surface area (Å²) in [6.07, 6.45) is 5.41. The molecule has 0 saturated carbocycles. The fourth-order valence-corrected chi connectivity index (χ4v) is 4.06. The van der Waals surface area contributed by atoms with Gasteiger partial charge in [0.2, 0.25) is 5.91 Å². The van der Waals surface area contributed by atoms with Crippen LogP contribution in [0.5, 0.6) is 0 Å². The van der Waals surface area contributed by atoms with Gasteiger partial charge in [0.25, 0.3) is 5.91 Å². The van der Waals surface area contributed by atoms with Crippen molar-refractivity contribution >= 4 is 40.8 Å². The van der Waals surface area contributed by atoms with Crippen molar-refractivity contribution in [1.82, 2.24) is 4.98 Å². The van der Waals surface area contributed by atoms with E-state index in [9.17, 15) is 9.59 Å². The third-order valence-corrected chi connectivity index (χ3v) is 5.96. The van der Waals surface area contributed by atoms with Crippen LogP contribution in [0, 0.1) is 5.92 Å². The van der Waals surface area contributed by atoms with Gasteiger partial charge in [-0.15, -0.1) is 11.8 Å². The number of benzene rings is 1. The summed E-state index contributed by atoms with van der Waals surface area (Å²) < 4.78 is 5.43. The molecule has 0 unspecified atom stereocenters. The number of fused-ring (bicyclic) bond motifs is 1. The van der Waals surface area contributed by atoms with E-state index < -0.39 is 0 Å². The molecule has 1 aromatic heterocycles. The molecular formula is C21H24N4O3S. The number of carbonyl (C=O) groups is 2. The van der Waals surface area contributed by atoms with E-state index in [0.29, 0.717) is 29.5 Å². The highest BCUT2D eigenvalue weighted by atomic mass is 32.2. The Morgan fingerprint density at radius 2 is 2.17 bits per heavy atom. The number of thioether (sulfide) groups is 1. The maximum atomic E-state index is 12.8. The predicted molar refractivity (Wildman–Crippen MR) is 115 cm³/mol. The van der Waals surface area contributed by atoms with Crippen LogP contribution in [-0.4, -0.2) is 49.4 Å². The Kier molecular flexibility index (Phi) is 6.01. The molecule has 1 fully saturated rings. The molecule has 4 rings (SSSR count). The third-order valence-electron chi connectivity index (χ3n) is 5.24. The summed E-state index contributed by atoms with van der Waals surface area (Å²) in [5.41, 5.74) is 1.82. The van der Waals surface area contributed by atoms with Gasteiger partial charge < -0.3 is 20.3 Å². The van der Waals surface area contributed by atoms with E-state index in [0.717, 1.165) is 36.6 Å². The largest absolute Gasteiger partial charge is 0.381 e. The number of nitrogens with zero attached hydrogens (tertiary/aromatic N) is 2. The molecule has 0 radical (unpaired) electrons. The monoisotopic (exact) mass is 412 g/mol. The lowest BCUT2D eigenvalue weighted by Gasteiger charge is -2.33. The Morgan fingerprint density at radius 3 is 2.97 bits per heavy atom. The quantitative estimate of drug-likeness (QED) is 0.734. The zero-order valence-corrected chi connectivity index (χ0v) is 17.1. The Bertz CT molecular complexity index is 915. The van der Waals surface area contributed by atoms with Gasteiger partial charge >= 0.3 is 0 Å². The molecule has 3 heterocycles. The van der Waals surface area contributed by atoms with E-state index in [1.807, 2.05) is 30.5 Å². The summed E-state index contributed by atoms with van der Waals surface area (Å²) in [4.78, 5) is 32.6. The molecule has 0 spiro atoms. The van der Waals surface area contributed by atoms with E-state index in [1.54, 1.807) is 28.9 Å². The molecule has 29 heavy (non-hydrogen) atoms. The normalized spacial score (nSPS) is 16.9. The van der Waals surface area contributed by atoms with Crippen molar-refractivity contribution in [3.8, 4) is 0 Å². The molecule has 0 bridgehead atoms. The maximum Gasteiger partial charge on any atom is 0.257 e. The fourth-order valence-electron chi connectivity index (χ4n) is 3.60. The number of hydrogen-bond donors (Lipinski definition) is 2. The summed E-state index contributed by atoms with van der Waals surface area (Å²) in [7, 11) is 0. The van der Waals surface area contributed by atoms with Crippen LogP contribution < -0.4 is 15.5 Å². The van der Waals surface area contributed by atoms with E-state index >= 15 is 0 Å². The smallest absolute Gasteiger partial charge is 0.257 e. The molecule has 1 aromatic carbocycles. The minimum Gasteiger partial charge on any atom is -0.381 e. The molecule has 2 aliphatic rings. The molecule has 2 aliphatic heterocycles. The summed E-state index contributed by atoms with van der Waals surface area (Å²) >= 11 is 1.62. The van der Waals surface area contributed by atoms with Gasteiger partial charge in [-0.1, -0.05) is 6.07 Å². The molecule has 0 aliphatic carbocycles. The van der Waals surface area contributed by atoms with Gasteiger partial charge in [0, 0.05) is 36.5 Å². The molecule has 7 nitrogen and oxygen atoms in total. The maximum absolute atomic E-state index is 12.8. The van der Waals surface area contributed by atoms with Crippen molar-refractivity contribution in [2.75, 3.05) is 48.1 Å². The standard InChI is InChI=1S/C21H24N4O3S/c1-29-17-4-2-3-16(10-17)24-21(27)15-9-18-20(22-11-15)23-12-19(26)25(18)13-14-5-7-28-8-6-14/h2-4,9-11,14H,5-8,12-13H2,1H3,(H,22,23)(H,24,27). The number of nitrogens with one attached hydrogen (secondary N) is 2. The van der Waals surface area contributed by atoms with Crippen molar-refractivity contribution in [3.05, 3.63) is 42.1 Å². The van der Waals surface area contributed by atoms with Gasteiger partial charge in [-0.25, -0.2) is 4.98 Å². The number of pyridine rings is 1. The number of carbonyl (C=O) groups excluding carboxylic acids is 2. The van der Waals surface area contributed by atoms with Gasteiger partial charge in [-0.2, -0.15) is 0 Å². The Balaban J connectivity index is 1.55. The highest BCUT2D eigenvalue weighted by Gasteiger charge is 2.29. The number of hydrogen-bond acceptors (Lipinski definition) is 6. The topological polar surface area (TPSA) is 83.6 Å². The second-order valence-corrected chi connectivity index (χ2v) is 8.07. The van der Waals surface area contributed by atoms with Crippen molar-refractivity contribution in [1.29, 1.82) is 0 Å². The van der Waals surface area contributed by atoms with Gasteiger partial charge in [-0.05, 0) is 49.3 Å². The van der Waals surface area contributed by atoms with Gasteiger partial charge in [0.05, 0.1) is 17.8 Å². The number of ether oxygens (including phenoxy) is 1. The van der Waals surface area contributed by atoms with Gasteiger partial charge in [-0.3, -0.25) is 9.59 Å². The molecule has 2 N–H and O–H groups in total. The second-order valence-electron chi connectivity index (χ2n) is 7.19. The highest BCUT2D eigenvalue weighted by molar-refractivity contribution is 7.98. The van der Waals surface area contributed by atoms with Crippen LogP contribution in [0.4, 0.5) is 17.2 Å². The molecule has 2 amide bonds. The predicted octanol–water partition coefficient (Wildman–Crippen LogP) is 3.24. The summed E-state index contributed by atoms with van der Waals surface area (Å²) in [5, 5.41) is 5.96. The van der Waals surface area contributed by atoms with Crippen molar-refractivity contribution in [2.45, 2.75) is 17.7 Å². The van der Waals surface area contributed by atoms with Crippen LogP contribution in [0.2, 0.25) is 0 Å². The number of amides is 2. The fraction of sp³-hybridized carbons (Fsp3) is 0.381. The summed E-state index contributed by atoms with van der Waals surface area (Å²) in [6, 6.07) is 9.43. The van der Waals surface area contributed by atoms with Crippen LogP contribution in [0.25, 0.3) is 0 Å². The Labute approximate surface area is 174 Å². The van der Waals surface area contributed by atoms with Crippen LogP contribution in [0.3, 0.4) is 0 Å². The first kappa shape index (κ1) is 19.7. The van der Waals surface area contributed by atoms with Gasteiger partial charge in [0.1, 0.15) is 5.82 Å². The summed E-state index contributed by atoms with van der Waals surface area (Å²) in [6.45, 7) is 2.30. The van der Waals surface area contributed by atoms with E-state index in [-0.39, 0.29) is 18.4 Å². The minimum atomic E-state index is -0.248. The van der Waals surface area contributed by atoms with E-state index in [2.05, 4.69) is 15.6 Å². The zero-order valence-electron chi connectivity index (χ0n) is 16.3. The first-order chi connectivity index (χ1) is 14.1. The molecule has 1 saturated heterocycles.